The van der Waals surface area contributed by atoms with E-state index >= 15 is 0 Å². The summed E-state index contributed by atoms with van der Waals surface area (Å²) < 4.78 is 25.6. The molecular formula is C9H14N4O5S. The number of hydrogen-bond donors (Lipinski definition) is 4. The van der Waals surface area contributed by atoms with Crippen LogP contribution < -0.4 is 10.5 Å². The number of carboxylic acid groups (broad SMARTS) is 1. The summed E-state index contributed by atoms with van der Waals surface area (Å²) in [5, 5.41) is 8.56. The molecule has 1 aromatic heterocycles. The van der Waals surface area contributed by atoms with Gasteiger partial charge >= 0.3 is 5.97 Å². The molecule has 1 amide bonds. The van der Waals surface area contributed by atoms with Crippen molar-refractivity contribution in [3.05, 3.63) is 12.0 Å². The van der Waals surface area contributed by atoms with E-state index in [0.29, 0.717) is 12.2 Å². The van der Waals surface area contributed by atoms with E-state index in [4.69, 9.17) is 10.8 Å². The van der Waals surface area contributed by atoms with Gasteiger partial charge in [-0.05, 0) is 0 Å². The van der Waals surface area contributed by atoms with Crippen molar-refractivity contribution in [1.29, 1.82) is 0 Å². The zero-order valence-electron chi connectivity index (χ0n) is 10.1. The van der Waals surface area contributed by atoms with Gasteiger partial charge in [0.25, 0.3) is 10.0 Å². The second-order valence-corrected chi connectivity index (χ2v) is 5.41. The molecule has 0 aliphatic heterocycles. The molecule has 1 rings (SSSR count). The number of rotatable bonds is 7. The van der Waals surface area contributed by atoms with E-state index < -0.39 is 34.4 Å². The van der Waals surface area contributed by atoms with E-state index in [-0.39, 0.29) is 5.03 Å². The molecule has 1 aromatic rings. The number of nitrogens with zero attached hydrogens (tertiary/aromatic N) is 1. The van der Waals surface area contributed by atoms with E-state index in [9.17, 15) is 18.0 Å². The molecule has 0 fully saturated rings. The van der Waals surface area contributed by atoms with Crippen LogP contribution in [-0.2, 0) is 26.0 Å². The number of imidazole rings is 1. The van der Waals surface area contributed by atoms with E-state index in [1.807, 2.05) is 4.72 Å². The first-order valence-corrected chi connectivity index (χ1v) is 6.82. The summed E-state index contributed by atoms with van der Waals surface area (Å²) in [5.74, 6) is -1.96. The topological polar surface area (TPSA) is 155 Å². The van der Waals surface area contributed by atoms with Crippen molar-refractivity contribution in [3.8, 4) is 0 Å². The predicted molar refractivity (Wildman–Crippen MR) is 63.5 cm³/mol. The molecule has 0 saturated heterocycles. The Morgan fingerprint density at radius 2 is 2.21 bits per heavy atom. The number of sulfonamides is 1. The molecule has 0 aliphatic carbocycles. The van der Waals surface area contributed by atoms with Gasteiger partial charge in [-0.2, -0.15) is 4.72 Å². The van der Waals surface area contributed by atoms with E-state index in [0.717, 1.165) is 6.20 Å². The number of nitrogens with two attached hydrogens (primary N) is 1. The predicted octanol–water partition coefficient (Wildman–Crippen LogP) is -1.42. The van der Waals surface area contributed by atoms with Crippen LogP contribution >= 0.6 is 0 Å². The van der Waals surface area contributed by atoms with Gasteiger partial charge in [-0.1, -0.05) is 6.92 Å². The molecule has 1 heterocycles. The third kappa shape index (κ3) is 4.03. The first-order chi connectivity index (χ1) is 8.76. The average Bonchev–Trinajstić information content (AvgIpc) is 2.76. The molecule has 0 saturated carbocycles. The van der Waals surface area contributed by atoms with Gasteiger partial charge in [-0.25, -0.2) is 13.4 Å². The number of primary amides is 1. The Morgan fingerprint density at radius 3 is 2.63 bits per heavy atom. The number of carboxylic acids is 1. The summed E-state index contributed by atoms with van der Waals surface area (Å²) in [6.45, 7) is 1.77. The Labute approximate surface area is 109 Å². The number of hydrogen-bond acceptors (Lipinski definition) is 5. The molecular weight excluding hydrogens is 276 g/mol. The molecule has 0 spiro atoms. The van der Waals surface area contributed by atoms with Gasteiger partial charge < -0.3 is 15.8 Å². The Balaban J connectivity index is 2.93. The minimum Gasteiger partial charge on any atom is -0.480 e. The zero-order valence-corrected chi connectivity index (χ0v) is 10.9. The van der Waals surface area contributed by atoms with Crippen molar-refractivity contribution in [1.82, 2.24) is 14.7 Å². The van der Waals surface area contributed by atoms with Gasteiger partial charge in [-0.15, -0.1) is 0 Å². The van der Waals surface area contributed by atoms with Crippen LogP contribution in [0.3, 0.4) is 0 Å². The number of aromatic amines is 1. The summed E-state index contributed by atoms with van der Waals surface area (Å²) >= 11 is 0. The summed E-state index contributed by atoms with van der Waals surface area (Å²) in [7, 11) is -4.10. The second-order valence-electron chi connectivity index (χ2n) is 3.73. The number of carbonyl (C=O) groups is 2. The van der Waals surface area contributed by atoms with Crippen LogP contribution in [0.2, 0.25) is 0 Å². The van der Waals surface area contributed by atoms with Crippen LogP contribution in [-0.4, -0.2) is 41.4 Å². The normalized spacial score (nSPS) is 13.1. The zero-order chi connectivity index (χ0) is 14.6. The van der Waals surface area contributed by atoms with Crippen molar-refractivity contribution in [2.45, 2.75) is 30.8 Å². The maximum atomic E-state index is 11.9. The Bertz CT molecular complexity index is 579. The highest BCUT2D eigenvalue weighted by Gasteiger charge is 2.28. The number of aromatic nitrogens is 2. The minimum atomic E-state index is -4.10. The quantitative estimate of drug-likeness (QED) is 0.483. The maximum Gasteiger partial charge on any atom is 0.322 e. The first-order valence-electron chi connectivity index (χ1n) is 5.33. The molecule has 1 atom stereocenters. The molecule has 106 valence electrons. The number of nitrogens with one attached hydrogen (secondary N) is 2. The highest BCUT2D eigenvalue weighted by Crippen LogP contribution is 2.08. The third-order valence-corrected chi connectivity index (χ3v) is 3.61. The van der Waals surface area contributed by atoms with Gasteiger partial charge in [0.15, 0.2) is 5.03 Å². The van der Waals surface area contributed by atoms with Crippen molar-refractivity contribution in [2.24, 2.45) is 5.73 Å². The first kappa shape index (κ1) is 15.1. The van der Waals surface area contributed by atoms with Crippen molar-refractivity contribution in [2.75, 3.05) is 0 Å². The Hall–Kier alpha value is -1.94. The van der Waals surface area contributed by atoms with Crippen molar-refractivity contribution >= 4 is 21.9 Å². The summed E-state index contributed by atoms with van der Waals surface area (Å²) in [4.78, 5) is 27.9. The largest absolute Gasteiger partial charge is 0.480 e. The molecule has 9 nitrogen and oxygen atoms in total. The van der Waals surface area contributed by atoms with Gasteiger partial charge in [-0.3, -0.25) is 9.59 Å². The van der Waals surface area contributed by atoms with Crippen LogP contribution in [0.1, 0.15) is 19.2 Å². The summed E-state index contributed by atoms with van der Waals surface area (Å²) in [6, 6.07) is -1.61. The van der Waals surface area contributed by atoms with Gasteiger partial charge in [0.05, 0.1) is 12.6 Å². The molecule has 0 unspecified atom stereocenters. The monoisotopic (exact) mass is 290 g/mol. The summed E-state index contributed by atoms with van der Waals surface area (Å²) in [6.07, 6.45) is 0.937. The molecule has 19 heavy (non-hydrogen) atoms. The summed E-state index contributed by atoms with van der Waals surface area (Å²) in [5.41, 5.74) is 4.86. The van der Waals surface area contributed by atoms with Crippen LogP contribution in [0.4, 0.5) is 0 Å². The molecule has 0 bridgehead atoms. The lowest BCUT2D eigenvalue weighted by molar-refractivity contribution is -0.140. The van der Waals surface area contributed by atoms with Crippen LogP contribution in [0.25, 0.3) is 0 Å². The molecule has 0 aromatic carbocycles. The van der Waals surface area contributed by atoms with Crippen LogP contribution in [0, 0.1) is 0 Å². The lowest BCUT2D eigenvalue weighted by atomic mass is 10.2. The van der Waals surface area contributed by atoms with E-state index in [1.165, 1.54) is 0 Å². The number of aryl methyl sites for hydroxylation is 1. The highest BCUT2D eigenvalue weighted by molar-refractivity contribution is 7.89. The van der Waals surface area contributed by atoms with Crippen LogP contribution in [0.15, 0.2) is 11.2 Å². The molecule has 10 heteroatoms. The average molecular weight is 290 g/mol. The van der Waals surface area contributed by atoms with Gasteiger partial charge in [0, 0.05) is 6.42 Å². The fourth-order valence-electron chi connectivity index (χ4n) is 1.29. The van der Waals surface area contributed by atoms with Gasteiger partial charge in [0.1, 0.15) is 11.9 Å². The van der Waals surface area contributed by atoms with Gasteiger partial charge in [0.2, 0.25) is 5.91 Å². The van der Waals surface area contributed by atoms with Crippen molar-refractivity contribution < 1.29 is 23.1 Å². The lowest BCUT2D eigenvalue weighted by Crippen LogP contribution is -2.43. The minimum absolute atomic E-state index is 0.264. The fraction of sp³-hybridized carbons (Fsp3) is 0.444. The number of amides is 1. The number of aliphatic carboxylic acids is 1. The highest BCUT2D eigenvalue weighted by atomic mass is 32.2. The maximum absolute atomic E-state index is 11.9. The number of H-pyrrole nitrogens is 1. The molecule has 5 N–H and O–H groups in total. The third-order valence-electron chi connectivity index (χ3n) is 2.23. The number of carbonyl (C=O) groups excluding carboxylic acids is 1. The molecule has 0 aliphatic rings. The van der Waals surface area contributed by atoms with E-state index in [1.54, 1.807) is 6.92 Å². The smallest absolute Gasteiger partial charge is 0.322 e. The second kappa shape index (κ2) is 5.80. The van der Waals surface area contributed by atoms with Crippen molar-refractivity contribution in [3.63, 3.8) is 0 Å². The Morgan fingerprint density at radius 1 is 1.58 bits per heavy atom. The fourth-order valence-corrected chi connectivity index (χ4v) is 2.42. The molecule has 0 radical (unpaired) electrons. The lowest BCUT2D eigenvalue weighted by Gasteiger charge is -2.11. The van der Waals surface area contributed by atoms with E-state index in [2.05, 4.69) is 9.97 Å². The standard InChI is InChI=1S/C9H14N4O5S/c1-2-7-11-4-8(12-7)19(17,18)13-5(9(15)16)3-6(10)14/h4-5,13H,2-3H2,1H3,(H2,10,14)(H,11,12)(H,15,16)/t5-/m1/s1. The Kier molecular flexibility index (Phi) is 4.62. The van der Waals surface area contributed by atoms with Crippen LogP contribution in [0.5, 0.6) is 0 Å². The SMILES string of the molecule is CCc1ncc(S(=O)(=O)N[C@H](CC(N)=O)C(=O)O)[nH]1.